The van der Waals surface area contributed by atoms with Crippen molar-refractivity contribution < 1.29 is 37.3 Å². The molecule has 1 N–H and O–H groups in total. The molecule has 8 nitrogen and oxygen atoms in total. The predicted molar refractivity (Wildman–Crippen MR) is 238 cm³/mol. The number of rotatable bonds is 44. The Hall–Kier alpha value is -1.02. The van der Waals surface area contributed by atoms with Crippen molar-refractivity contribution in [2.45, 2.75) is 219 Å². The topological polar surface area (TPSA) is 91.3 Å². The van der Waals surface area contributed by atoms with Gasteiger partial charge >= 0.3 is 13.8 Å². The van der Waals surface area contributed by atoms with E-state index >= 15 is 0 Å². The second kappa shape index (κ2) is 40.7. The Bertz CT molecular complexity index is 951. The van der Waals surface area contributed by atoms with E-state index < -0.39 is 13.9 Å². The van der Waals surface area contributed by atoms with Gasteiger partial charge in [-0.05, 0) is 64.2 Å². The maximum Gasteiger partial charge on any atom is 0.472 e. The van der Waals surface area contributed by atoms with Gasteiger partial charge in [0.1, 0.15) is 19.3 Å². The lowest BCUT2D eigenvalue weighted by molar-refractivity contribution is -0.870. The van der Waals surface area contributed by atoms with E-state index in [2.05, 4.69) is 38.2 Å². The van der Waals surface area contributed by atoms with Crippen molar-refractivity contribution in [2.75, 3.05) is 54.1 Å². The maximum atomic E-state index is 12.7. The lowest BCUT2D eigenvalue weighted by atomic mass is 10.1. The van der Waals surface area contributed by atoms with Crippen LogP contribution in [0.5, 0.6) is 0 Å². The van der Waals surface area contributed by atoms with Crippen LogP contribution < -0.4 is 0 Å². The van der Waals surface area contributed by atoms with Crippen molar-refractivity contribution >= 4 is 13.8 Å². The second-order valence-electron chi connectivity index (χ2n) is 17.1. The van der Waals surface area contributed by atoms with Gasteiger partial charge < -0.3 is 18.9 Å². The van der Waals surface area contributed by atoms with Crippen LogP contribution in [0.3, 0.4) is 0 Å². The standard InChI is InChI=1S/C47H92NO7P/c1-6-8-10-12-14-16-18-20-22-24-25-26-28-30-32-34-36-38-40-47(49)55-46(45-54-56(50,51)53-43-41-48(3,4)5)44-52-42-39-37-35-33-31-29-27-23-21-19-17-15-13-11-9-7-2/h21-24,46H,6-20,25-45H2,1-5H3/p+1/b23-21-,24-22-. The van der Waals surface area contributed by atoms with Gasteiger partial charge in [0.05, 0.1) is 34.4 Å². The van der Waals surface area contributed by atoms with Crippen LogP contribution in [0.1, 0.15) is 213 Å². The van der Waals surface area contributed by atoms with Crippen LogP contribution in [-0.4, -0.2) is 75.6 Å². The third-order valence-electron chi connectivity index (χ3n) is 10.2. The second-order valence-corrected chi connectivity index (χ2v) is 18.6. The van der Waals surface area contributed by atoms with Crippen LogP contribution in [0.2, 0.25) is 0 Å². The largest absolute Gasteiger partial charge is 0.472 e. The van der Waals surface area contributed by atoms with Crippen LogP contribution in [0.15, 0.2) is 24.3 Å². The van der Waals surface area contributed by atoms with Crippen LogP contribution >= 0.6 is 7.82 Å². The van der Waals surface area contributed by atoms with Gasteiger partial charge in [0, 0.05) is 13.0 Å². The fourth-order valence-electron chi connectivity index (χ4n) is 6.54. The lowest BCUT2D eigenvalue weighted by Crippen LogP contribution is -2.37. The molecule has 0 saturated carbocycles. The fourth-order valence-corrected chi connectivity index (χ4v) is 7.28. The third-order valence-corrected chi connectivity index (χ3v) is 11.2. The monoisotopic (exact) mass is 815 g/mol. The Morgan fingerprint density at radius 1 is 0.536 bits per heavy atom. The SMILES string of the molecule is CCCCCCCC/C=C\CCCCCCCCOCC(COP(=O)(O)OCC[N+](C)(C)C)OC(=O)CCCCCCCCC/C=C\CCCCCCCCC. The first kappa shape index (κ1) is 55.0. The molecule has 2 atom stereocenters. The zero-order valence-electron chi connectivity index (χ0n) is 37.6. The van der Waals surface area contributed by atoms with Crippen LogP contribution in [0, 0.1) is 0 Å². The molecule has 0 spiro atoms. The molecular formula is C47H93NO7P+. The normalized spacial score (nSPS) is 13.9. The van der Waals surface area contributed by atoms with Crippen LogP contribution in [-0.2, 0) is 27.9 Å². The van der Waals surface area contributed by atoms with Crippen molar-refractivity contribution in [3.8, 4) is 0 Å². The number of nitrogens with zero attached hydrogens (tertiary/aromatic N) is 1. The van der Waals surface area contributed by atoms with E-state index in [0.29, 0.717) is 24.1 Å². The summed E-state index contributed by atoms with van der Waals surface area (Å²) in [6.07, 6.45) is 46.4. The highest BCUT2D eigenvalue weighted by atomic mass is 31.2. The molecule has 0 aliphatic carbocycles. The van der Waals surface area contributed by atoms with Gasteiger partial charge in [-0.3, -0.25) is 13.8 Å². The van der Waals surface area contributed by atoms with Gasteiger partial charge in [-0.1, -0.05) is 167 Å². The van der Waals surface area contributed by atoms with E-state index in [1.54, 1.807) is 0 Å². The van der Waals surface area contributed by atoms with Gasteiger partial charge in [-0.15, -0.1) is 0 Å². The molecule has 0 rings (SSSR count). The Morgan fingerprint density at radius 3 is 1.36 bits per heavy atom. The highest BCUT2D eigenvalue weighted by molar-refractivity contribution is 7.47. The number of unbranched alkanes of at least 4 members (excludes halogenated alkanes) is 26. The molecule has 2 unspecified atom stereocenters. The first-order valence-electron chi connectivity index (χ1n) is 23.6. The summed E-state index contributed by atoms with van der Waals surface area (Å²) in [7, 11) is 1.67. The molecule has 0 radical (unpaired) electrons. The summed E-state index contributed by atoms with van der Waals surface area (Å²) in [4.78, 5) is 22.9. The number of phosphoric acid groups is 1. The minimum atomic E-state index is -4.28. The summed E-state index contributed by atoms with van der Waals surface area (Å²) in [5, 5.41) is 0. The molecule has 0 fully saturated rings. The zero-order valence-corrected chi connectivity index (χ0v) is 38.5. The molecule has 332 valence electrons. The van der Waals surface area contributed by atoms with E-state index in [1.807, 2.05) is 21.1 Å². The number of quaternary nitrogens is 1. The molecule has 0 saturated heterocycles. The number of phosphoric ester groups is 1. The zero-order chi connectivity index (χ0) is 41.3. The molecule has 0 bridgehead atoms. The minimum absolute atomic E-state index is 0.0879. The molecule has 0 aromatic heterocycles. The van der Waals surface area contributed by atoms with Crippen molar-refractivity contribution in [1.29, 1.82) is 0 Å². The van der Waals surface area contributed by atoms with Crippen LogP contribution in [0.25, 0.3) is 0 Å². The van der Waals surface area contributed by atoms with Gasteiger partial charge in [0.15, 0.2) is 0 Å². The molecule has 0 aromatic carbocycles. The number of carbonyl (C=O) groups is 1. The van der Waals surface area contributed by atoms with E-state index in [0.717, 1.165) is 32.1 Å². The van der Waals surface area contributed by atoms with Crippen molar-refractivity contribution in [2.24, 2.45) is 0 Å². The fraction of sp³-hybridized carbons (Fsp3) is 0.894. The highest BCUT2D eigenvalue weighted by Gasteiger charge is 2.26. The van der Waals surface area contributed by atoms with Crippen molar-refractivity contribution in [3.63, 3.8) is 0 Å². The smallest absolute Gasteiger partial charge is 0.457 e. The maximum absolute atomic E-state index is 12.7. The van der Waals surface area contributed by atoms with Crippen molar-refractivity contribution in [3.05, 3.63) is 24.3 Å². The van der Waals surface area contributed by atoms with Crippen LogP contribution in [0.4, 0.5) is 0 Å². The minimum Gasteiger partial charge on any atom is -0.457 e. The number of carbonyl (C=O) groups excluding carboxylic acids is 1. The number of hydrogen-bond donors (Lipinski definition) is 1. The Balaban J connectivity index is 4.20. The van der Waals surface area contributed by atoms with E-state index in [1.165, 1.54) is 161 Å². The molecule has 56 heavy (non-hydrogen) atoms. The molecule has 0 aliphatic heterocycles. The Morgan fingerprint density at radius 2 is 0.929 bits per heavy atom. The molecule has 9 heteroatoms. The summed E-state index contributed by atoms with van der Waals surface area (Å²) in [5.41, 5.74) is 0. The molecule has 0 heterocycles. The number of allylic oxidation sites excluding steroid dienone is 4. The first-order valence-corrected chi connectivity index (χ1v) is 25.1. The number of hydrogen-bond acceptors (Lipinski definition) is 6. The van der Waals surface area contributed by atoms with Gasteiger partial charge in [0.2, 0.25) is 0 Å². The number of ether oxygens (including phenoxy) is 2. The highest BCUT2D eigenvalue weighted by Crippen LogP contribution is 2.43. The molecule has 0 aliphatic rings. The summed E-state index contributed by atoms with van der Waals surface area (Å²) >= 11 is 0. The molecular weight excluding hydrogens is 721 g/mol. The van der Waals surface area contributed by atoms with E-state index in [-0.39, 0.29) is 25.8 Å². The summed E-state index contributed by atoms with van der Waals surface area (Å²) in [6, 6.07) is 0. The first-order chi connectivity index (χ1) is 27.1. The van der Waals surface area contributed by atoms with Crippen molar-refractivity contribution in [1.82, 2.24) is 0 Å². The van der Waals surface area contributed by atoms with E-state index in [4.69, 9.17) is 18.5 Å². The quantitative estimate of drug-likeness (QED) is 0.0215. The summed E-state index contributed by atoms with van der Waals surface area (Å²) in [6.45, 7) is 5.62. The van der Waals surface area contributed by atoms with Gasteiger partial charge in [-0.25, -0.2) is 4.57 Å². The van der Waals surface area contributed by atoms with Gasteiger partial charge in [0.25, 0.3) is 0 Å². The third kappa shape index (κ3) is 44.1. The Labute approximate surface area is 347 Å². The average Bonchev–Trinajstić information content (AvgIpc) is 3.15. The number of likely N-dealkylation sites (N-methyl/N-ethyl adjacent to an activating group) is 1. The summed E-state index contributed by atoms with van der Waals surface area (Å²) in [5.74, 6) is -0.318. The average molecular weight is 815 g/mol. The van der Waals surface area contributed by atoms with E-state index in [9.17, 15) is 14.3 Å². The lowest BCUT2D eigenvalue weighted by Gasteiger charge is -2.24. The number of esters is 1. The molecule has 0 amide bonds. The summed E-state index contributed by atoms with van der Waals surface area (Å²) < 4.78 is 35.1. The molecule has 0 aromatic rings. The van der Waals surface area contributed by atoms with Gasteiger partial charge in [-0.2, -0.15) is 0 Å². The predicted octanol–water partition coefficient (Wildman–Crippen LogP) is 14.0. The Kier molecular flexibility index (Phi) is 40.0.